The number of rotatable bonds is 7. The highest BCUT2D eigenvalue weighted by molar-refractivity contribution is 6.31. The average molecular weight is 310 g/mol. The fourth-order valence-electron chi connectivity index (χ4n) is 2.43. The minimum Gasteiger partial charge on any atom is -0.397 e. The van der Waals surface area contributed by atoms with E-state index in [2.05, 4.69) is 24.1 Å². The fourth-order valence-corrected chi connectivity index (χ4v) is 2.60. The standard InChI is InChI=1S/C16H24ClN3O/c1-11(2)10-20(13-4-5-13)8-7-16(21)19-15-9-12(17)3-6-14(15)18/h3,6,9,11,13H,4-5,7-8,10,18H2,1-2H3,(H,19,21). The highest BCUT2D eigenvalue weighted by Crippen LogP contribution is 2.28. The molecule has 1 aliphatic carbocycles. The number of carbonyl (C=O) groups is 1. The normalized spacial score (nSPS) is 14.7. The fraction of sp³-hybridized carbons (Fsp3) is 0.562. The number of hydrogen-bond donors (Lipinski definition) is 2. The van der Waals surface area contributed by atoms with E-state index in [1.54, 1.807) is 18.2 Å². The van der Waals surface area contributed by atoms with E-state index in [9.17, 15) is 4.79 Å². The summed E-state index contributed by atoms with van der Waals surface area (Å²) in [5.41, 5.74) is 6.96. The van der Waals surface area contributed by atoms with Crippen molar-refractivity contribution in [1.29, 1.82) is 0 Å². The van der Waals surface area contributed by atoms with Crippen molar-refractivity contribution in [2.75, 3.05) is 24.1 Å². The highest BCUT2D eigenvalue weighted by Gasteiger charge is 2.29. The van der Waals surface area contributed by atoms with Crippen LogP contribution in [0, 0.1) is 5.92 Å². The summed E-state index contributed by atoms with van der Waals surface area (Å²) in [5.74, 6) is 0.607. The van der Waals surface area contributed by atoms with Gasteiger partial charge >= 0.3 is 0 Å². The third-order valence-electron chi connectivity index (χ3n) is 3.58. The molecule has 4 nitrogen and oxygen atoms in total. The molecule has 0 atom stereocenters. The van der Waals surface area contributed by atoms with Gasteiger partial charge in [-0.15, -0.1) is 0 Å². The van der Waals surface area contributed by atoms with E-state index in [0.29, 0.717) is 34.8 Å². The summed E-state index contributed by atoms with van der Waals surface area (Å²) in [5, 5.41) is 3.41. The molecule has 0 saturated heterocycles. The van der Waals surface area contributed by atoms with Gasteiger partial charge in [-0.05, 0) is 37.0 Å². The molecule has 1 aliphatic rings. The van der Waals surface area contributed by atoms with E-state index in [0.717, 1.165) is 13.1 Å². The number of nitrogens with zero attached hydrogens (tertiary/aromatic N) is 1. The summed E-state index contributed by atoms with van der Waals surface area (Å²) in [6, 6.07) is 5.77. The zero-order valence-corrected chi connectivity index (χ0v) is 13.5. The van der Waals surface area contributed by atoms with Crippen LogP contribution in [0.2, 0.25) is 5.02 Å². The number of hydrogen-bond acceptors (Lipinski definition) is 3. The average Bonchev–Trinajstić information content (AvgIpc) is 3.23. The third-order valence-corrected chi connectivity index (χ3v) is 3.81. The van der Waals surface area contributed by atoms with E-state index < -0.39 is 0 Å². The molecule has 1 amide bonds. The van der Waals surface area contributed by atoms with Crippen molar-refractivity contribution in [3.05, 3.63) is 23.2 Å². The molecule has 0 radical (unpaired) electrons. The monoisotopic (exact) mass is 309 g/mol. The molecule has 5 heteroatoms. The second-order valence-corrected chi connectivity index (χ2v) is 6.59. The summed E-state index contributed by atoms with van der Waals surface area (Å²) in [4.78, 5) is 14.5. The van der Waals surface area contributed by atoms with Gasteiger partial charge in [0.2, 0.25) is 5.91 Å². The number of nitrogen functional groups attached to an aromatic ring is 1. The third kappa shape index (κ3) is 5.21. The topological polar surface area (TPSA) is 58.4 Å². The van der Waals surface area contributed by atoms with Gasteiger partial charge < -0.3 is 11.1 Å². The van der Waals surface area contributed by atoms with Gasteiger partial charge in [0.05, 0.1) is 11.4 Å². The number of halogens is 1. The Morgan fingerprint density at radius 3 is 2.81 bits per heavy atom. The minimum atomic E-state index is -0.0154. The van der Waals surface area contributed by atoms with Crippen molar-refractivity contribution in [2.45, 2.75) is 39.2 Å². The van der Waals surface area contributed by atoms with Crippen molar-refractivity contribution in [2.24, 2.45) is 5.92 Å². The molecule has 0 heterocycles. The Kier molecular flexibility index (Phi) is 5.48. The Morgan fingerprint density at radius 1 is 1.48 bits per heavy atom. The number of anilines is 2. The van der Waals surface area contributed by atoms with Crippen LogP contribution in [-0.2, 0) is 4.79 Å². The van der Waals surface area contributed by atoms with Gasteiger partial charge in [0.1, 0.15) is 0 Å². The van der Waals surface area contributed by atoms with Crippen LogP contribution in [-0.4, -0.2) is 29.9 Å². The van der Waals surface area contributed by atoms with Crippen molar-refractivity contribution < 1.29 is 4.79 Å². The molecule has 0 aromatic heterocycles. The van der Waals surface area contributed by atoms with Gasteiger partial charge in [-0.25, -0.2) is 0 Å². The van der Waals surface area contributed by atoms with E-state index in [1.807, 2.05) is 0 Å². The summed E-state index contributed by atoms with van der Waals surface area (Å²) >= 11 is 5.92. The van der Waals surface area contributed by atoms with Gasteiger partial charge in [-0.1, -0.05) is 25.4 Å². The number of nitrogens with two attached hydrogens (primary N) is 1. The lowest BCUT2D eigenvalue weighted by Crippen LogP contribution is -2.33. The molecule has 21 heavy (non-hydrogen) atoms. The van der Waals surface area contributed by atoms with Crippen molar-refractivity contribution in [3.8, 4) is 0 Å². The van der Waals surface area contributed by atoms with Gasteiger partial charge in [0.15, 0.2) is 0 Å². The lowest BCUT2D eigenvalue weighted by atomic mass is 10.2. The molecule has 1 aromatic carbocycles. The Labute approximate surface area is 131 Å². The predicted molar refractivity (Wildman–Crippen MR) is 88.5 cm³/mol. The summed E-state index contributed by atoms with van der Waals surface area (Å²) in [7, 11) is 0. The van der Waals surface area contributed by atoms with E-state index in [-0.39, 0.29) is 5.91 Å². The van der Waals surface area contributed by atoms with Crippen LogP contribution in [0.1, 0.15) is 33.1 Å². The van der Waals surface area contributed by atoms with Crippen LogP contribution in [0.15, 0.2) is 18.2 Å². The molecule has 0 unspecified atom stereocenters. The quantitative estimate of drug-likeness (QED) is 0.759. The summed E-state index contributed by atoms with van der Waals surface area (Å²) in [6.07, 6.45) is 3.00. The lowest BCUT2D eigenvalue weighted by molar-refractivity contribution is -0.116. The minimum absolute atomic E-state index is 0.0154. The number of benzene rings is 1. The highest BCUT2D eigenvalue weighted by atomic mass is 35.5. The van der Waals surface area contributed by atoms with Gasteiger partial charge in [0, 0.05) is 30.6 Å². The Balaban J connectivity index is 1.84. The number of amides is 1. The molecule has 116 valence electrons. The first-order chi connectivity index (χ1) is 9.95. The zero-order valence-electron chi connectivity index (χ0n) is 12.7. The van der Waals surface area contributed by atoms with Gasteiger partial charge in [-0.3, -0.25) is 9.69 Å². The van der Waals surface area contributed by atoms with E-state index in [4.69, 9.17) is 17.3 Å². The first-order valence-corrected chi connectivity index (χ1v) is 7.92. The first kappa shape index (κ1) is 16.1. The van der Waals surface area contributed by atoms with Crippen LogP contribution in [0.5, 0.6) is 0 Å². The molecule has 1 fully saturated rings. The van der Waals surface area contributed by atoms with E-state index >= 15 is 0 Å². The molecule has 2 rings (SSSR count). The molecular weight excluding hydrogens is 286 g/mol. The van der Waals surface area contributed by atoms with Crippen LogP contribution >= 0.6 is 11.6 Å². The molecule has 3 N–H and O–H groups in total. The lowest BCUT2D eigenvalue weighted by Gasteiger charge is -2.23. The molecule has 0 bridgehead atoms. The van der Waals surface area contributed by atoms with Gasteiger partial charge in [-0.2, -0.15) is 0 Å². The first-order valence-electron chi connectivity index (χ1n) is 7.54. The molecule has 1 saturated carbocycles. The van der Waals surface area contributed by atoms with Crippen LogP contribution < -0.4 is 11.1 Å². The maximum Gasteiger partial charge on any atom is 0.225 e. The van der Waals surface area contributed by atoms with Crippen LogP contribution in [0.3, 0.4) is 0 Å². The van der Waals surface area contributed by atoms with Crippen molar-refractivity contribution in [3.63, 3.8) is 0 Å². The largest absolute Gasteiger partial charge is 0.397 e. The predicted octanol–water partition coefficient (Wildman–Crippen LogP) is 3.37. The van der Waals surface area contributed by atoms with E-state index in [1.165, 1.54) is 12.8 Å². The van der Waals surface area contributed by atoms with Crippen LogP contribution in [0.25, 0.3) is 0 Å². The number of nitrogens with one attached hydrogen (secondary N) is 1. The Hall–Kier alpha value is -1.26. The maximum atomic E-state index is 12.1. The van der Waals surface area contributed by atoms with Crippen molar-refractivity contribution >= 4 is 28.9 Å². The summed E-state index contributed by atoms with van der Waals surface area (Å²) in [6.45, 7) is 6.27. The Bertz CT molecular complexity index is 500. The molecule has 1 aromatic rings. The zero-order chi connectivity index (χ0) is 15.4. The van der Waals surface area contributed by atoms with Gasteiger partial charge in [0.25, 0.3) is 0 Å². The van der Waals surface area contributed by atoms with Crippen LogP contribution in [0.4, 0.5) is 11.4 Å². The smallest absolute Gasteiger partial charge is 0.225 e. The number of carbonyl (C=O) groups excluding carboxylic acids is 1. The molecular formula is C16H24ClN3O. The molecule has 0 aliphatic heterocycles. The second kappa shape index (κ2) is 7.14. The molecule has 0 spiro atoms. The second-order valence-electron chi connectivity index (χ2n) is 6.15. The maximum absolute atomic E-state index is 12.1. The summed E-state index contributed by atoms with van der Waals surface area (Å²) < 4.78 is 0. The van der Waals surface area contributed by atoms with Crippen molar-refractivity contribution in [1.82, 2.24) is 4.90 Å². The SMILES string of the molecule is CC(C)CN(CCC(=O)Nc1cc(Cl)ccc1N)C1CC1. The Morgan fingerprint density at radius 2 is 2.19 bits per heavy atom.